The SMILES string of the molecule is CC(C)N1CCC2(CC1)C(=O)NC2c1ccccc1. The van der Waals surface area contributed by atoms with Crippen molar-refractivity contribution >= 4 is 5.91 Å². The molecule has 1 aromatic carbocycles. The van der Waals surface area contributed by atoms with Crippen LogP contribution in [0.5, 0.6) is 0 Å². The van der Waals surface area contributed by atoms with Crippen molar-refractivity contribution in [2.24, 2.45) is 5.41 Å². The summed E-state index contributed by atoms with van der Waals surface area (Å²) in [4.78, 5) is 14.6. The number of rotatable bonds is 2. The Morgan fingerprint density at radius 1 is 1.21 bits per heavy atom. The molecule has 0 aromatic heterocycles. The molecular weight excluding hydrogens is 236 g/mol. The van der Waals surface area contributed by atoms with Crippen molar-refractivity contribution in [2.75, 3.05) is 13.1 Å². The molecule has 1 amide bonds. The molecule has 2 aliphatic heterocycles. The van der Waals surface area contributed by atoms with E-state index in [1.165, 1.54) is 5.56 Å². The van der Waals surface area contributed by atoms with Crippen LogP contribution >= 0.6 is 0 Å². The zero-order valence-corrected chi connectivity index (χ0v) is 11.7. The molecule has 2 heterocycles. The number of piperidine rings is 1. The van der Waals surface area contributed by atoms with Crippen molar-refractivity contribution in [3.05, 3.63) is 35.9 Å². The molecule has 0 aliphatic carbocycles. The molecule has 1 spiro atoms. The third kappa shape index (κ3) is 1.96. The molecule has 2 fully saturated rings. The van der Waals surface area contributed by atoms with Gasteiger partial charge in [0.25, 0.3) is 0 Å². The van der Waals surface area contributed by atoms with Crippen LogP contribution in [-0.2, 0) is 4.79 Å². The molecule has 1 atom stereocenters. The number of β-lactam (4-membered cyclic amide) rings is 1. The average Bonchev–Trinajstić information content (AvgIpc) is 2.45. The minimum absolute atomic E-state index is 0.146. The highest BCUT2D eigenvalue weighted by atomic mass is 16.2. The molecule has 1 N–H and O–H groups in total. The fourth-order valence-corrected chi connectivity index (χ4v) is 3.47. The van der Waals surface area contributed by atoms with Crippen LogP contribution in [0.2, 0.25) is 0 Å². The lowest BCUT2D eigenvalue weighted by Gasteiger charge is -2.53. The van der Waals surface area contributed by atoms with Crippen molar-refractivity contribution in [3.63, 3.8) is 0 Å². The van der Waals surface area contributed by atoms with Gasteiger partial charge < -0.3 is 10.2 Å². The summed E-state index contributed by atoms with van der Waals surface area (Å²) in [5.74, 6) is 0.254. The van der Waals surface area contributed by atoms with Crippen LogP contribution in [0.3, 0.4) is 0 Å². The van der Waals surface area contributed by atoms with Crippen molar-refractivity contribution in [1.82, 2.24) is 10.2 Å². The third-order valence-electron chi connectivity index (χ3n) is 4.83. The molecule has 3 nitrogen and oxygen atoms in total. The zero-order valence-electron chi connectivity index (χ0n) is 11.7. The summed E-state index contributed by atoms with van der Waals surface area (Å²) in [7, 11) is 0. The van der Waals surface area contributed by atoms with Gasteiger partial charge in [-0.1, -0.05) is 30.3 Å². The summed E-state index contributed by atoms with van der Waals surface area (Å²) < 4.78 is 0. The molecule has 102 valence electrons. The van der Waals surface area contributed by atoms with Gasteiger partial charge in [-0.05, 0) is 45.3 Å². The van der Waals surface area contributed by atoms with Gasteiger partial charge in [0.2, 0.25) is 5.91 Å². The minimum Gasteiger partial charge on any atom is -0.348 e. The first kappa shape index (κ1) is 12.7. The fourth-order valence-electron chi connectivity index (χ4n) is 3.47. The number of amides is 1. The van der Waals surface area contributed by atoms with E-state index in [1.807, 2.05) is 6.07 Å². The second-order valence-corrected chi connectivity index (χ2v) is 6.10. The maximum atomic E-state index is 12.1. The number of nitrogens with one attached hydrogen (secondary N) is 1. The van der Waals surface area contributed by atoms with Gasteiger partial charge in [0, 0.05) is 6.04 Å². The van der Waals surface area contributed by atoms with Crippen molar-refractivity contribution in [1.29, 1.82) is 0 Å². The molecule has 0 bridgehead atoms. The largest absolute Gasteiger partial charge is 0.348 e. The molecule has 1 aromatic rings. The second kappa shape index (κ2) is 4.64. The highest BCUT2D eigenvalue weighted by Gasteiger charge is 2.56. The van der Waals surface area contributed by atoms with Crippen LogP contribution in [0.4, 0.5) is 0 Å². The molecule has 0 saturated carbocycles. The zero-order chi connectivity index (χ0) is 13.5. The standard InChI is InChI=1S/C16H22N2O/c1-12(2)18-10-8-16(9-11-18)14(17-15(16)19)13-6-4-3-5-7-13/h3-7,12,14H,8-11H2,1-2H3,(H,17,19). The average molecular weight is 258 g/mol. The number of hydrogen-bond donors (Lipinski definition) is 1. The van der Waals surface area contributed by atoms with Crippen LogP contribution in [0.1, 0.15) is 38.3 Å². The summed E-state index contributed by atoms with van der Waals surface area (Å²) in [6.45, 7) is 6.53. The van der Waals surface area contributed by atoms with E-state index in [1.54, 1.807) is 0 Å². The van der Waals surface area contributed by atoms with Crippen LogP contribution in [0, 0.1) is 5.41 Å². The Bertz CT molecular complexity index is 461. The lowest BCUT2D eigenvalue weighted by molar-refractivity contribution is -0.152. The molecular formula is C16H22N2O. The van der Waals surface area contributed by atoms with E-state index in [4.69, 9.17) is 0 Å². The smallest absolute Gasteiger partial charge is 0.229 e. The quantitative estimate of drug-likeness (QED) is 0.826. The number of carbonyl (C=O) groups excluding carboxylic acids is 1. The number of benzene rings is 1. The normalized spacial score (nSPS) is 26.3. The Labute approximate surface area is 115 Å². The van der Waals surface area contributed by atoms with Gasteiger partial charge in [-0.15, -0.1) is 0 Å². The molecule has 19 heavy (non-hydrogen) atoms. The van der Waals surface area contributed by atoms with E-state index in [9.17, 15) is 4.79 Å². The Morgan fingerprint density at radius 2 is 1.84 bits per heavy atom. The van der Waals surface area contributed by atoms with Gasteiger partial charge in [-0.3, -0.25) is 4.79 Å². The lowest BCUT2D eigenvalue weighted by Crippen LogP contribution is -2.64. The molecule has 0 radical (unpaired) electrons. The Kier molecular flexibility index (Phi) is 3.09. The van der Waals surface area contributed by atoms with Gasteiger partial charge >= 0.3 is 0 Å². The molecule has 3 heteroatoms. The monoisotopic (exact) mass is 258 g/mol. The predicted molar refractivity (Wildman–Crippen MR) is 75.7 cm³/mol. The highest BCUT2D eigenvalue weighted by Crippen LogP contribution is 2.49. The topological polar surface area (TPSA) is 32.3 Å². The van der Waals surface area contributed by atoms with Crippen LogP contribution in [-0.4, -0.2) is 29.9 Å². The van der Waals surface area contributed by atoms with Crippen molar-refractivity contribution in [2.45, 2.75) is 38.8 Å². The summed E-state index contributed by atoms with van der Waals surface area (Å²) in [5.41, 5.74) is 1.10. The molecule has 2 saturated heterocycles. The van der Waals surface area contributed by atoms with E-state index < -0.39 is 0 Å². The molecule has 1 unspecified atom stereocenters. The second-order valence-electron chi connectivity index (χ2n) is 6.10. The van der Waals surface area contributed by atoms with E-state index in [-0.39, 0.29) is 17.4 Å². The van der Waals surface area contributed by atoms with Gasteiger partial charge in [0.15, 0.2) is 0 Å². The van der Waals surface area contributed by atoms with E-state index in [0.717, 1.165) is 25.9 Å². The first-order valence-corrected chi connectivity index (χ1v) is 7.23. The predicted octanol–water partition coefficient (Wildman–Crippen LogP) is 2.35. The van der Waals surface area contributed by atoms with Crippen LogP contribution < -0.4 is 5.32 Å². The number of likely N-dealkylation sites (tertiary alicyclic amines) is 1. The molecule has 3 rings (SSSR count). The summed E-state index contributed by atoms with van der Waals surface area (Å²) in [6, 6.07) is 11.2. The van der Waals surface area contributed by atoms with E-state index in [0.29, 0.717) is 6.04 Å². The summed E-state index contributed by atoms with van der Waals surface area (Å²) >= 11 is 0. The Hall–Kier alpha value is -1.35. The van der Waals surface area contributed by atoms with E-state index in [2.05, 4.69) is 48.3 Å². The van der Waals surface area contributed by atoms with Gasteiger partial charge in [-0.25, -0.2) is 0 Å². The number of nitrogens with zero attached hydrogens (tertiary/aromatic N) is 1. The maximum Gasteiger partial charge on any atom is 0.229 e. The first-order chi connectivity index (χ1) is 9.13. The van der Waals surface area contributed by atoms with Crippen LogP contribution in [0.25, 0.3) is 0 Å². The first-order valence-electron chi connectivity index (χ1n) is 7.23. The lowest BCUT2D eigenvalue weighted by atomic mass is 9.64. The van der Waals surface area contributed by atoms with Crippen molar-refractivity contribution in [3.8, 4) is 0 Å². The number of carbonyl (C=O) groups is 1. The Balaban J connectivity index is 1.78. The summed E-state index contributed by atoms with van der Waals surface area (Å²) in [5, 5.41) is 3.11. The fraction of sp³-hybridized carbons (Fsp3) is 0.562. The summed E-state index contributed by atoms with van der Waals surface area (Å²) in [6.07, 6.45) is 1.97. The minimum atomic E-state index is -0.146. The number of hydrogen-bond acceptors (Lipinski definition) is 2. The Morgan fingerprint density at radius 3 is 2.37 bits per heavy atom. The molecule has 2 aliphatic rings. The van der Waals surface area contributed by atoms with Crippen molar-refractivity contribution < 1.29 is 4.79 Å². The van der Waals surface area contributed by atoms with Gasteiger partial charge in [-0.2, -0.15) is 0 Å². The maximum absolute atomic E-state index is 12.1. The van der Waals surface area contributed by atoms with Gasteiger partial charge in [0.05, 0.1) is 11.5 Å². The van der Waals surface area contributed by atoms with Crippen LogP contribution in [0.15, 0.2) is 30.3 Å². The highest BCUT2D eigenvalue weighted by molar-refractivity contribution is 5.90. The van der Waals surface area contributed by atoms with E-state index >= 15 is 0 Å². The third-order valence-corrected chi connectivity index (χ3v) is 4.83. The van der Waals surface area contributed by atoms with Gasteiger partial charge in [0.1, 0.15) is 0 Å².